The minimum absolute atomic E-state index is 0.522. The highest BCUT2D eigenvalue weighted by molar-refractivity contribution is 6.36. The van der Waals surface area contributed by atoms with Gasteiger partial charge < -0.3 is 5.32 Å². The number of halogens is 2. The molecule has 0 atom stereocenters. The first-order valence-electron chi connectivity index (χ1n) is 5.79. The Morgan fingerprint density at radius 3 is 2.47 bits per heavy atom. The van der Waals surface area contributed by atoms with E-state index in [9.17, 15) is 0 Å². The summed E-state index contributed by atoms with van der Waals surface area (Å²) < 4.78 is 0. The van der Waals surface area contributed by atoms with Gasteiger partial charge >= 0.3 is 0 Å². The van der Waals surface area contributed by atoms with Crippen LogP contribution in [0, 0.1) is 18.3 Å². The summed E-state index contributed by atoms with van der Waals surface area (Å²) in [6.45, 7) is 2.51. The summed E-state index contributed by atoms with van der Waals surface area (Å²) in [6, 6.07) is 13.1. The van der Waals surface area contributed by atoms with Crippen LogP contribution in [0.5, 0.6) is 0 Å². The summed E-state index contributed by atoms with van der Waals surface area (Å²) in [5.41, 5.74) is 3.46. The molecule has 1 N–H and O–H groups in total. The van der Waals surface area contributed by atoms with Crippen molar-refractivity contribution in [2.45, 2.75) is 13.5 Å². The smallest absolute Gasteiger partial charge is 0.0992 e. The number of anilines is 1. The molecule has 2 rings (SSSR count). The molecular weight excluding hydrogens is 279 g/mol. The predicted molar refractivity (Wildman–Crippen MR) is 79.7 cm³/mol. The number of hydrogen-bond donors (Lipinski definition) is 1. The molecule has 0 aliphatic carbocycles. The second-order valence-electron chi connectivity index (χ2n) is 4.20. The number of aryl methyl sites for hydroxylation is 1. The molecule has 0 bridgehead atoms. The fourth-order valence-corrected chi connectivity index (χ4v) is 2.30. The summed E-state index contributed by atoms with van der Waals surface area (Å²) in [4.78, 5) is 0. The van der Waals surface area contributed by atoms with Crippen molar-refractivity contribution in [3.05, 3.63) is 63.1 Å². The van der Waals surface area contributed by atoms with Crippen molar-refractivity contribution in [3.8, 4) is 6.07 Å². The zero-order valence-corrected chi connectivity index (χ0v) is 11.9. The van der Waals surface area contributed by atoms with Gasteiger partial charge in [-0.1, -0.05) is 35.3 Å². The maximum atomic E-state index is 8.91. The Hall–Kier alpha value is -1.69. The topological polar surface area (TPSA) is 35.8 Å². The van der Waals surface area contributed by atoms with Gasteiger partial charge in [0.2, 0.25) is 0 Å². The van der Waals surface area contributed by atoms with E-state index in [2.05, 4.69) is 11.4 Å². The number of nitrogens with one attached hydrogen (secondary N) is 1. The first kappa shape index (κ1) is 13.7. The number of rotatable bonds is 3. The highest BCUT2D eigenvalue weighted by Gasteiger charge is 2.06. The molecule has 0 aliphatic rings. The van der Waals surface area contributed by atoms with E-state index in [4.69, 9.17) is 28.5 Å². The molecule has 0 radical (unpaired) electrons. The Kier molecular flexibility index (Phi) is 4.31. The normalized spacial score (nSPS) is 10.0. The van der Waals surface area contributed by atoms with Crippen LogP contribution in [0.15, 0.2) is 36.4 Å². The third-order valence-electron chi connectivity index (χ3n) is 2.88. The summed E-state index contributed by atoms with van der Waals surface area (Å²) >= 11 is 12.2. The molecule has 0 aromatic heterocycles. The average molecular weight is 291 g/mol. The minimum atomic E-state index is 0.522. The van der Waals surface area contributed by atoms with Gasteiger partial charge in [-0.2, -0.15) is 5.26 Å². The molecule has 0 aliphatic heterocycles. The van der Waals surface area contributed by atoms with Crippen LogP contribution < -0.4 is 5.32 Å². The first-order chi connectivity index (χ1) is 9.11. The van der Waals surface area contributed by atoms with E-state index in [0.29, 0.717) is 22.2 Å². The van der Waals surface area contributed by atoms with Gasteiger partial charge in [-0.05, 0) is 36.8 Å². The lowest BCUT2D eigenvalue weighted by molar-refractivity contribution is 1.14. The van der Waals surface area contributed by atoms with Gasteiger partial charge in [0.05, 0.1) is 11.6 Å². The van der Waals surface area contributed by atoms with Crippen molar-refractivity contribution in [2.75, 3.05) is 5.32 Å². The number of nitriles is 1. The molecule has 2 aromatic carbocycles. The predicted octanol–water partition coefficient (Wildman–Crippen LogP) is 4.79. The highest BCUT2D eigenvalue weighted by atomic mass is 35.5. The Bertz CT molecular complexity index is 625. The Balaban J connectivity index is 2.22. The maximum Gasteiger partial charge on any atom is 0.0992 e. The van der Waals surface area contributed by atoms with Gasteiger partial charge in [0.25, 0.3) is 0 Å². The zero-order chi connectivity index (χ0) is 13.8. The van der Waals surface area contributed by atoms with Gasteiger partial charge in [0.1, 0.15) is 0 Å². The quantitative estimate of drug-likeness (QED) is 0.882. The molecule has 0 saturated carbocycles. The summed E-state index contributed by atoms with van der Waals surface area (Å²) in [6.07, 6.45) is 0. The molecule has 96 valence electrons. The van der Waals surface area contributed by atoms with Crippen LogP contribution in [0.1, 0.15) is 16.7 Å². The van der Waals surface area contributed by atoms with Crippen LogP contribution in [0.4, 0.5) is 5.69 Å². The second kappa shape index (κ2) is 5.97. The number of nitrogens with zero attached hydrogens (tertiary/aromatic N) is 1. The lowest BCUT2D eigenvalue weighted by Crippen LogP contribution is -2.02. The maximum absolute atomic E-state index is 8.91. The monoisotopic (exact) mass is 290 g/mol. The molecule has 2 nitrogen and oxygen atoms in total. The van der Waals surface area contributed by atoms with Crippen LogP contribution in [-0.4, -0.2) is 0 Å². The highest BCUT2D eigenvalue weighted by Crippen LogP contribution is 2.26. The van der Waals surface area contributed by atoms with Crippen LogP contribution in [0.25, 0.3) is 0 Å². The van der Waals surface area contributed by atoms with Gasteiger partial charge in [0, 0.05) is 27.8 Å². The zero-order valence-electron chi connectivity index (χ0n) is 10.4. The number of benzene rings is 2. The van der Waals surface area contributed by atoms with E-state index >= 15 is 0 Å². The molecule has 0 amide bonds. The molecule has 2 aromatic rings. The molecule has 0 saturated heterocycles. The number of hydrogen-bond acceptors (Lipinski definition) is 2. The van der Waals surface area contributed by atoms with E-state index in [-0.39, 0.29) is 0 Å². The standard InChI is InChI=1S/C15H12Cl2N2/c1-10-5-6-11(8-18)7-15(10)19-9-12-13(16)3-2-4-14(12)17/h2-7,19H,9H2,1H3. The molecule has 0 fully saturated rings. The van der Waals surface area contributed by atoms with Crippen molar-refractivity contribution in [1.29, 1.82) is 5.26 Å². The minimum Gasteiger partial charge on any atom is -0.381 e. The van der Waals surface area contributed by atoms with Crippen LogP contribution in [0.2, 0.25) is 10.0 Å². The van der Waals surface area contributed by atoms with Crippen LogP contribution >= 0.6 is 23.2 Å². The molecule has 0 spiro atoms. The van der Waals surface area contributed by atoms with Crippen LogP contribution in [0.3, 0.4) is 0 Å². The lowest BCUT2D eigenvalue weighted by Gasteiger charge is -2.12. The van der Waals surface area contributed by atoms with Crippen molar-refractivity contribution in [3.63, 3.8) is 0 Å². The van der Waals surface area contributed by atoms with Crippen molar-refractivity contribution in [1.82, 2.24) is 0 Å². The molecule has 0 unspecified atom stereocenters. The second-order valence-corrected chi connectivity index (χ2v) is 5.01. The SMILES string of the molecule is Cc1ccc(C#N)cc1NCc1c(Cl)cccc1Cl. The van der Waals surface area contributed by atoms with Gasteiger partial charge in [-0.15, -0.1) is 0 Å². The van der Waals surface area contributed by atoms with Crippen LogP contribution in [-0.2, 0) is 6.54 Å². The van der Waals surface area contributed by atoms with E-state index in [1.165, 1.54) is 0 Å². The fraction of sp³-hybridized carbons (Fsp3) is 0.133. The van der Waals surface area contributed by atoms with Crippen molar-refractivity contribution in [2.24, 2.45) is 0 Å². The molecule has 4 heteroatoms. The van der Waals surface area contributed by atoms with Gasteiger partial charge in [-0.25, -0.2) is 0 Å². The fourth-order valence-electron chi connectivity index (χ4n) is 1.77. The van der Waals surface area contributed by atoms with Crippen molar-refractivity contribution >= 4 is 28.9 Å². The Labute approximate surface area is 122 Å². The molecule has 19 heavy (non-hydrogen) atoms. The van der Waals surface area contributed by atoms with Gasteiger partial charge in [-0.3, -0.25) is 0 Å². The molecule has 0 heterocycles. The Morgan fingerprint density at radius 2 is 1.84 bits per heavy atom. The summed E-state index contributed by atoms with van der Waals surface area (Å²) in [5, 5.41) is 13.4. The van der Waals surface area contributed by atoms with E-state index in [1.54, 1.807) is 6.07 Å². The van der Waals surface area contributed by atoms with E-state index in [1.807, 2.05) is 37.3 Å². The molecular formula is C15H12Cl2N2. The lowest BCUT2D eigenvalue weighted by atomic mass is 10.1. The average Bonchev–Trinajstić information content (AvgIpc) is 2.40. The van der Waals surface area contributed by atoms with Gasteiger partial charge in [0.15, 0.2) is 0 Å². The third-order valence-corrected chi connectivity index (χ3v) is 3.59. The summed E-state index contributed by atoms with van der Waals surface area (Å²) in [7, 11) is 0. The Morgan fingerprint density at radius 1 is 1.16 bits per heavy atom. The van der Waals surface area contributed by atoms with E-state index in [0.717, 1.165) is 16.8 Å². The third kappa shape index (κ3) is 3.20. The first-order valence-corrected chi connectivity index (χ1v) is 6.55. The largest absolute Gasteiger partial charge is 0.381 e. The summed E-state index contributed by atoms with van der Waals surface area (Å²) in [5.74, 6) is 0. The van der Waals surface area contributed by atoms with E-state index < -0.39 is 0 Å². The van der Waals surface area contributed by atoms with Crippen molar-refractivity contribution < 1.29 is 0 Å².